The van der Waals surface area contributed by atoms with Gasteiger partial charge in [0, 0.05) is 5.56 Å². The zero-order valence-corrected chi connectivity index (χ0v) is 14.3. The first-order valence-corrected chi connectivity index (χ1v) is 8.98. The number of halogens is 3. The van der Waals surface area contributed by atoms with E-state index in [1.54, 1.807) is 0 Å². The Balaban J connectivity index is 1.73. The van der Waals surface area contributed by atoms with Gasteiger partial charge in [-0.05, 0) is 43.4 Å². The Morgan fingerprint density at radius 3 is 2.15 bits per heavy atom. The third-order valence-corrected chi connectivity index (χ3v) is 5.47. The highest BCUT2D eigenvalue weighted by atomic mass is 19.4. The molecule has 0 bridgehead atoms. The highest BCUT2D eigenvalue weighted by Gasteiger charge is 2.50. The average molecular weight is 359 g/mol. The largest absolute Gasteiger partial charge is 0.416 e. The molecule has 2 aliphatic rings. The minimum Gasteiger partial charge on any atom is -0.388 e. The van der Waals surface area contributed by atoms with E-state index in [9.17, 15) is 13.2 Å². The van der Waals surface area contributed by atoms with Gasteiger partial charge in [0.15, 0.2) is 0 Å². The van der Waals surface area contributed by atoms with E-state index in [0.29, 0.717) is 5.56 Å². The van der Waals surface area contributed by atoms with Crippen LogP contribution in [0.5, 0.6) is 0 Å². The topological polar surface area (TPSA) is 21.6 Å². The lowest BCUT2D eigenvalue weighted by Crippen LogP contribution is -2.39. The molecule has 0 amide bonds. The Morgan fingerprint density at radius 1 is 0.885 bits per heavy atom. The van der Waals surface area contributed by atoms with Crippen molar-refractivity contribution in [1.82, 2.24) is 0 Å². The molecule has 1 atom stereocenters. The van der Waals surface area contributed by atoms with Gasteiger partial charge in [-0.1, -0.05) is 54.0 Å². The molecule has 1 aliphatic carbocycles. The Labute approximate surface area is 150 Å². The maximum Gasteiger partial charge on any atom is 0.416 e. The molecule has 26 heavy (non-hydrogen) atoms. The number of oxime groups is 1. The lowest BCUT2D eigenvalue weighted by Gasteiger charge is -2.36. The van der Waals surface area contributed by atoms with Crippen LogP contribution in [0.3, 0.4) is 0 Å². The second-order valence-electron chi connectivity index (χ2n) is 7.11. The van der Waals surface area contributed by atoms with E-state index in [0.717, 1.165) is 49.1 Å². The maximum atomic E-state index is 12.9. The summed E-state index contributed by atoms with van der Waals surface area (Å²) in [6, 6.07) is 15.3. The van der Waals surface area contributed by atoms with Crippen LogP contribution in [0.15, 0.2) is 59.8 Å². The monoisotopic (exact) mass is 359 g/mol. The summed E-state index contributed by atoms with van der Waals surface area (Å²) in [4.78, 5) is 5.98. The fraction of sp³-hybridized carbons (Fsp3) is 0.381. The molecule has 1 unspecified atom stereocenters. The molecule has 2 aromatic rings. The Kier molecular flexibility index (Phi) is 4.25. The molecule has 5 heteroatoms. The molecule has 4 rings (SSSR count). The van der Waals surface area contributed by atoms with Crippen LogP contribution in [-0.2, 0) is 11.0 Å². The fourth-order valence-corrected chi connectivity index (χ4v) is 4.18. The van der Waals surface area contributed by atoms with Gasteiger partial charge in [0.25, 0.3) is 0 Å². The fourth-order valence-electron chi connectivity index (χ4n) is 4.18. The van der Waals surface area contributed by atoms with Gasteiger partial charge in [-0.3, -0.25) is 0 Å². The van der Waals surface area contributed by atoms with E-state index >= 15 is 0 Å². The maximum absolute atomic E-state index is 12.9. The second kappa shape index (κ2) is 6.45. The SMILES string of the molecule is FC(F)(F)c1ccc(C2=NOC3(CCCCC3)C2c2ccccc2)cc1. The van der Waals surface area contributed by atoms with E-state index in [4.69, 9.17) is 4.84 Å². The molecule has 1 aliphatic heterocycles. The number of nitrogens with zero attached hydrogens (tertiary/aromatic N) is 1. The molecule has 0 aromatic heterocycles. The van der Waals surface area contributed by atoms with Crippen LogP contribution in [-0.4, -0.2) is 11.3 Å². The zero-order valence-electron chi connectivity index (χ0n) is 14.3. The quantitative estimate of drug-likeness (QED) is 0.651. The van der Waals surface area contributed by atoms with Crippen LogP contribution in [0.2, 0.25) is 0 Å². The first-order chi connectivity index (χ1) is 12.5. The third kappa shape index (κ3) is 3.00. The van der Waals surface area contributed by atoms with E-state index in [2.05, 4.69) is 17.3 Å². The van der Waals surface area contributed by atoms with Crippen LogP contribution in [0.4, 0.5) is 13.2 Å². The molecule has 136 valence electrons. The predicted molar refractivity (Wildman–Crippen MR) is 94.1 cm³/mol. The summed E-state index contributed by atoms with van der Waals surface area (Å²) >= 11 is 0. The van der Waals surface area contributed by atoms with Gasteiger partial charge in [0.1, 0.15) is 5.60 Å². The summed E-state index contributed by atoms with van der Waals surface area (Å²) < 4.78 is 38.6. The normalized spacial score (nSPS) is 22.1. The third-order valence-electron chi connectivity index (χ3n) is 5.47. The molecular weight excluding hydrogens is 339 g/mol. The molecule has 0 N–H and O–H groups in total. The number of hydrogen-bond acceptors (Lipinski definition) is 2. The van der Waals surface area contributed by atoms with E-state index in [-0.39, 0.29) is 11.5 Å². The van der Waals surface area contributed by atoms with Crippen molar-refractivity contribution in [2.24, 2.45) is 5.16 Å². The standard InChI is InChI=1S/C21H20F3NO/c22-21(23,24)17-11-9-16(10-12-17)19-18(15-7-3-1-4-8-15)20(26-25-19)13-5-2-6-14-20/h1,3-4,7-12,18H,2,5-6,13-14H2. The Morgan fingerprint density at radius 2 is 1.54 bits per heavy atom. The van der Waals surface area contributed by atoms with Crippen molar-refractivity contribution in [1.29, 1.82) is 0 Å². The van der Waals surface area contributed by atoms with E-state index in [1.807, 2.05) is 18.2 Å². The number of alkyl halides is 3. The summed E-state index contributed by atoms with van der Waals surface area (Å²) in [7, 11) is 0. The predicted octanol–water partition coefficient (Wildman–Crippen LogP) is 5.93. The molecular formula is C21H20F3NO. The van der Waals surface area contributed by atoms with Gasteiger partial charge in [-0.25, -0.2) is 0 Å². The molecule has 0 saturated heterocycles. The van der Waals surface area contributed by atoms with Crippen molar-refractivity contribution < 1.29 is 18.0 Å². The summed E-state index contributed by atoms with van der Waals surface area (Å²) in [5, 5.41) is 4.37. The average Bonchev–Trinajstić information content (AvgIpc) is 3.01. The van der Waals surface area contributed by atoms with Crippen molar-refractivity contribution in [3.63, 3.8) is 0 Å². The lowest BCUT2D eigenvalue weighted by molar-refractivity contribution is -0.137. The number of hydrogen-bond donors (Lipinski definition) is 0. The van der Waals surface area contributed by atoms with Crippen molar-refractivity contribution in [2.75, 3.05) is 0 Å². The summed E-state index contributed by atoms with van der Waals surface area (Å²) in [5.74, 6) is -0.0549. The summed E-state index contributed by atoms with van der Waals surface area (Å²) in [6.45, 7) is 0. The molecule has 1 fully saturated rings. The summed E-state index contributed by atoms with van der Waals surface area (Å²) in [5.41, 5.74) is 1.49. The minimum atomic E-state index is -4.34. The van der Waals surface area contributed by atoms with E-state index in [1.165, 1.54) is 18.6 Å². The van der Waals surface area contributed by atoms with Crippen LogP contribution < -0.4 is 0 Å². The number of benzene rings is 2. The van der Waals surface area contributed by atoms with Crippen molar-refractivity contribution in [3.8, 4) is 0 Å². The van der Waals surface area contributed by atoms with Gasteiger partial charge in [-0.2, -0.15) is 13.2 Å². The summed E-state index contributed by atoms with van der Waals surface area (Å²) in [6.07, 6.45) is 0.844. The van der Waals surface area contributed by atoms with Crippen LogP contribution >= 0.6 is 0 Å². The van der Waals surface area contributed by atoms with Gasteiger partial charge in [0.2, 0.25) is 0 Å². The molecule has 1 saturated carbocycles. The molecule has 2 aromatic carbocycles. The first-order valence-electron chi connectivity index (χ1n) is 8.98. The highest BCUT2D eigenvalue weighted by molar-refractivity contribution is 6.06. The smallest absolute Gasteiger partial charge is 0.388 e. The van der Waals surface area contributed by atoms with E-state index < -0.39 is 11.7 Å². The zero-order chi connectivity index (χ0) is 18.2. The molecule has 2 nitrogen and oxygen atoms in total. The second-order valence-corrected chi connectivity index (χ2v) is 7.11. The Bertz CT molecular complexity index is 790. The Hall–Kier alpha value is -2.30. The van der Waals surface area contributed by atoms with Crippen molar-refractivity contribution in [3.05, 3.63) is 71.3 Å². The molecule has 1 heterocycles. The van der Waals surface area contributed by atoms with Gasteiger partial charge >= 0.3 is 6.18 Å². The van der Waals surface area contributed by atoms with Gasteiger partial charge < -0.3 is 4.84 Å². The van der Waals surface area contributed by atoms with Gasteiger partial charge in [0.05, 0.1) is 17.2 Å². The molecule has 0 radical (unpaired) electrons. The van der Waals surface area contributed by atoms with Gasteiger partial charge in [-0.15, -0.1) is 0 Å². The first kappa shape index (κ1) is 17.1. The minimum absolute atomic E-state index is 0.0549. The highest BCUT2D eigenvalue weighted by Crippen LogP contribution is 2.48. The van der Waals surface area contributed by atoms with Crippen LogP contribution in [0.25, 0.3) is 0 Å². The van der Waals surface area contributed by atoms with Crippen molar-refractivity contribution in [2.45, 2.75) is 49.8 Å². The van der Waals surface area contributed by atoms with Crippen LogP contribution in [0.1, 0.15) is 54.7 Å². The van der Waals surface area contributed by atoms with Crippen LogP contribution in [0, 0.1) is 0 Å². The van der Waals surface area contributed by atoms with Crippen molar-refractivity contribution >= 4 is 5.71 Å². The lowest BCUT2D eigenvalue weighted by atomic mass is 9.70. The molecule has 1 spiro atoms. The number of rotatable bonds is 2.